The predicted octanol–water partition coefficient (Wildman–Crippen LogP) is 4.58. The molecule has 0 aliphatic heterocycles. The number of carbonyl (C=O) groups is 1. The number of amides is 1. The number of hydrogen-bond donors (Lipinski definition) is 4. The summed E-state index contributed by atoms with van der Waals surface area (Å²) in [5.41, 5.74) is 14.6. The highest BCUT2D eigenvalue weighted by molar-refractivity contribution is 6.01. The molecular weight excluding hydrogens is 410 g/mol. The Hall–Kier alpha value is -3.64. The van der Waals surface area contributed by atoms with E-state index in [1.165, 1.54) is 10.8 Å². The summed E-state index contributed by atoms with van der Waals surface area (Å²) < 4.78 is 2.12. The second kappa shape index (κ2) is 8.71. The first kappa shape index (κ1) is 21.2. The van der Waals surface area contributed by atoms with Crippen LogP contribution in [0.4, 0.5) is 5.82 Å². The lowest BCUT2D eigenvalue weighted by Gasteiger charge is -2.25. The molecule has 33 heavy (non-hydrogen) atoms. The van der Waals surface area contributed by atoms with Crippen LogP contribution in [0.3, 0.4) is 0 Å². The Morgan fingerprint density at radius 1 is 0.970 bits per heavy atom. The fourth-order valence-electron chi connectivity index (χ4n) is 4.91. The lowest BCUT2D eigenvalue weighted by molar-refractivity contribution is -0.120. The number of nitrogens with two attached hydrogens (primary N) is 2. The van der Waals surface area contributed by atoms with Gasteiger partial charge in [-0.1, -0.05) is 54.6 Å². The highest BCUT2D eigenvalue weighted by Crippen LogP contribution is 2.30. The van der Waals surface area contributed by atoms with Crippen LogP contribution in [0.25, 0.3) is 21.7 Å². The summed E-state index contributed by atoms with van der Waals surface area (Å²) in [6.07, 6.45) is 3.42. The highest BCUT2D eigenvalue weighted by Gasteiger charge is 2.25. The number of carbonyl (C=O) groups excluding carboxylic acids is 1. The van der Waals surface area contributed by atoms with E-state index in [-0.39, 0.29) is 23.7 Å². The van der Waals surface area contributed by atoms with Gasteiger partial charge in [-0.2, -0.15) is 0 Å². The van der Waals surface area contributed by atoms with E-state index < -0.39 is 0 Å². The normalized spacial score (nSPS) is 18.5. The van der Waals surface area contributed by atoms with Gasteiger partial charge in [0.05, 0.1) is 12.1 Å². The molecule has 0 radical (unpaired) electrons. The van der Waals surface area contributed by atoms with Crippen molar-refractivity contribution < 1.29 is 4.79 Å². The minimum Gasteiger partial charge on any atom is -0.384 e. The zero-order valence-electron chi connectivity index (χ0n) is 18.6. The smallest absolute Gasteiger partial charge is 0.228 e. The predicted molar refractivity (Wildman–Crippen MR) is 135 cm³/mol. The molecule has 6 nitrogen and oxygen atoms in total. The lowest BCUT2D eigenvalue weighted by atomic mass is 9.86. The second-order valence-electron chi connectivity index (χ2n) is 9.04. The molecule has 1 aliphatic rings. The Kier molecular flexibility index (Phi) is 5.60. The molecule has 3 aromatic carbocycles. The van der Waals surface area contributed by atoms with Crippen molar-refractivity contribution in [2.45, 2.75) is 38.3 Å². The van der Waals surface area contributed by atoms with Crippen LogP contribution in [0, 0.1) is 11.3 Å². The van der Waals surface area contributed by atoms with E-state index in [4.69, 9.17) is 16.9 Å². The van der Waals surface area contributed by atoms with Crippen molar-refractivity contribution in [3.63, 3.8) is 0 Å². The minimum atomic E-state index is -0.0124. The van der Waals surface area contributed by atoms with Crippen molar-refractivity contribution in [3.8, 4) is 0 Å². The topological polar surface area (TPSA) is 110 Å². The third-order valence-corrected chi connectivity index (χ3v) is 6.82. The fraction of sp³-hybridized carbons (Fsp3) is 0.259. The van der Waals surface area contributed by atoms with Crippen molar-refractivity contribution in [2.75, 3.05) is 5.32 Å². The molecule has 1 aromatic heterocycles. The van der Waals surface area contributed by atoms with Crippen LogP contribution >= 0.6 is 0 Å². The van der Waals surface area contributed by atoms with Crippen molar-refractivity contribution in [3.05, 3.63) is 77.9 Å². The summed E-state index contributed by atoms with van der Waals surface area (Å²) in [7, 11) is 0. The molecule has 0 saturated heterocycles. The molecule has 0 spiro atoms. The summed E-state index contributed by atoms with van der Waals surface area (Å²) in [6.45, 7) is 0.595. The van der Waals surface area contributed by atoms with E-state index in [0.717, 1.165) is 48.0 Å². The lowest BCUT2D eigenvalue weighted by Crippen LogP contribution is -2.32. The molecule has 168 valence electrons. The van der Waals surface area contributed by atoms with E-state index >= 15 is 0 Å². The van der Waals surface area contributed by atoms with E-state index in [1.807, 2.05) is 36.4 Å². The number of fused-ring (bicyclic) bond motifs is 2. The van der Waals surface area contributed by atoms with Crippen LogP contribution in [0.5, 0.6) is 0 Å². The van der Waals surface area contributed by atoms with Crippen molar-refractivity contribution in [1.82, 2.24) is 4.57 Å². The van der Waals surface area contributed by atoms with Gasteiger partial charge in [-0.05, 0) is 54.2 Å². The number of nitrogens with zero attached hydrogens (tertiary/aromatic N) is 1. The highest BCUT2D eigenvalue weighted by atomic mass is 16.2. The SMILES string of the molecule is N=C(N)c1ccc2cc(NC(=O)C3CCC(N)CC3)n(Cc3cccc4ccccc34)c2c1. The number of anilines is 1. The van der Waals surface area contributed by atoms with Crippen LogP contribution < -0.4 is 16.8 Å². The van der Waals surface area contributed by atoms with E-state index in [1.54, 1.807) is 0 Å². The molecule has 6 heteroatoms. The van der Waals surface area contributed by atoms with Crippen LogP contribution in [0.2, 0.25) is 0 Å². The van der Waals surface area contributed by atoms with E-state index in [9.17, 15) is 4.79 Å². The number of hydrogen-bond acceptors (Lipinski definition) is 3. The van der Waals surface area contributed by atoms with Gasteiger partial charge >= 0.3 is 0 Å². The molecule has 0 atom stereocenters. The molecule has 1 fully saturated rings. The molecular formula is C27H29N5O. The van der Waals surface area contributed by atoms with E-state index in [2.05, 4.69) is 40.2 Å². The zero-order valence-corrected chi connectivity index (χ0v) is 18.6. The van der Waals surface area contributed by atoms with Crippen molar-refractivity contribution >= 4 is 39.2 Å². The van der Waals surface area contributed by atoms with Crippen LogP contribution in [-0.2, 0) is 11.3 Å². The Morgan fingerprint density at radius 3 is 2.52 bits per heavy atom. The summed E-state index contributed by atoms with van der Waals surface area (Å²) in [5, 5.41) is 14.4. The monoisotopic (exact) mass is 439 g/mol. The summed E-state index contributed by atoms with van der Waals surface area (Å²) in [6, 6.07) is 22.6. The van der Waals surface area contributed by atoms with Gasteiger partial charge in [0.1, 0.15) is 11.7 Å². The largest absolute Gasteiger partial charge is 0.384 e. The first-order valence-corrected chi connectivity index (χ1v) is 11.5. The first-order valence-electron chi connectivity index (χ1n) is 11.5. The van der Waals surface area contributed by atoms with Crippen molar-refractivity contribution in [1.29, 1.82) is 5.41 Å². The average Bonchev–Trinajstić information content (AvgIpc) is 3.15. The fourth-order valence-corrected chi connectivity index (χ4v) is 4.91. The molecule has 1 saturated carbocycles. The molecule has 1 amide bonds. The Labute approximate surface area is 193 Å². The number of rotatable bonds is 5. The Balaban J connectivity index is 1.56. The van der Waals surface area contributed by atoms with Gasteiger partial charge in [0, 0.05) is 22.9 Å². The molecule has 1 heterocycles. The van der Waals surface area contributed by atoms with Gasteiger partial charge < -0.3 is 21.4 Å². The van der Waals surface area contributed by atoms with Crippen molar-refractivity contribution in [2.24, 2.45) is 17.4 Å². The molecule has 6 N–H and O–H groups in total. The number of aromatic nitrogens is 1. The standard InChI is InChI=1S/C27H29N5O/c28-22-12-10-18(11-13-22)27(33)31-25-15-19-8-9-20(26(29)30)14-24(19)32(25)16-21-6-3-5-17-4-1-2-7-23(17)21/h1-9,14-15,18,22H,10-13,16,28H2,(H3,29,30)(H,31,33). The second-order valence-corrected chi connectivity index (χ2v) is 9.04. The third kappa shape index (κ3) is 4.22. The number of nitrogen functional groups attached to an aromatic ring is 1. The minimum absolute atomic E-state index is 0.0124. The van der Waals surface area contributed by atoms with Crippen LogP contribution in [0.1, 0.15) is 36.8 Å². The molecule has 1 aliphatic carbocycles. The van der Waals surface area contributed by atoms with Gasteiger partial charge in [-0.15, -0.1) is 0 Å². The zero-order chi connectivity index (χ0) is 22.9. The Bertz CT molecular complexity index is 1340. The van der Waals surface area contributed by atoms with Gasteiger partial charge in [-0.25, -0.2) is 0 Å². The molecule has 5 rings (SSSR count). The maximum Gasteiger partial charge on any atom is 0.228 e. The summed E-state index contributed by atoms with van der Waals surface area (Å²) in [4.78, 5) is 13.1. The maximum atomic E-state index is 13.1. The summed E-state index contributed by atoms with van der Waals surface area (Å²) >= 11 is 0. The van der Waals surface area contributed by atoms with Crippen LogP contribution in [0.15, 0.2) is 66.7 Å². The maximum absolute atomic E-state index is 13.1. The van der Waals surface area contributed by atoms with Gasteiger partial charge in [0.2, 0.25) is 5.91 Å². The van der Waals surface area contributed by atoms with Gasteiger partial charge in [0.25, 0.3) is 0 Å². The summed E-state index contributed by atoms with van der Waals surface area (Å²) in [5.74, 6) is 0.828. The van der Waals surface area contributed by atoms with Gasteiger partial charge in [0.15, 0.2) is 0 Å². The first-order chi connectivity index (χ1) is 16.0. The quantitative estimate of drug-likeness (QED) is 0.270. The van der Waals surface area contributed by atoms with Gasteiger partial charge in [-0.3, -0.25) is 10.2 Å². The van der Waals surface area contributed by atoms with Crippen LogP contribution in [-0.4, -0.2) is 22.4 Å². The third-order valence-electron chi connectivity index (χ3n) is 6.82. The van der Waals surface area contributed by atoms with E-state index in [0.29, 0.717) is 12.1 Å². The number of amidine groups is 1. The Morgan fingerprint density at radius 2 is 1.73 bits per heavy atom. The number of nitrogens with one attached hydrogen (secondary N) is 2. The molecule has 0 bridgehead atoms. The molecule has 4 aromatic rings. The number of benzene rings is 3. The average molecular weight is 440 g/mol. The molecule has 0 unspecified atom stereocenters.